The van der Waals surface area contributed by atoms with E-state index in [9.17, 15) is 13.2 Å². The minimum absolute atomic E-state index is 0.0859. The first-order valence-corrected chi connectivity index (χ1v) is 12.8. The molecule has 1 atom stereocenters. The lowest BCUT2D eigenvalue weighted by Gasteiger charge is -2.38. The Morgan fingerprint density at radius 1 is 1.21 bits per heavy atom. The van der Waals surface area contributed by atoms with Crippen molar-refractivity contribution in [2.24, 2.45) is 0 Å². The molecule has 1 aromatic carbocycles. The van der Waals surface area contributed by atoms with Gasteiger partial charge in [-0.25, -0.2) is 8.42 Å². The van der Waals surface area contributed by atoms with Gasteiger partial charge in [-0.05, 0) is 38.3 Å². The first kappa shape index (κ1) is 22.5. The number of aryl methyl sites for hydroxylation is 1. The largest absolute Gasteiger partial charge is 0.347 e. The molecule has 11 heteroatoms. The Hall–Kier alpha value is -2.34. The Kier molecular flexibility index (Phi) is 5.76. The summed E-state index contributed by atoms with van der Waals surface area (Å²) in [5.41, 5.74) is 1.11. The van der Waals surface area contributed by atoms with Crippen LogP contribution in [0.2, 0.25) is 0 Å². The van der Waals surface area contributed by atoms with Crippen molar-refractivity contribution < 1.29 is 27.2 Å². The van der Waals surface area contributed by atoms with Gasteiger partial charge in [-0.1, -0.05) is 17.3 Å². The molecular formula is C22H28N4O6S. The minimum Gasteiger partial charge on any atom is -0.347 e. The number of carbonyl (C=O) groups excluding carboxylic acids is 1. The quantitative estimate of drug-likeness (QED) is 0.671. The minimum atomic E-state index is -3.96. The second-order valence-corrected chi connectivity index (χ2v) is 10.7. The van der Waals surface area contributed by atoms with E-state index in [0.717, 1.165) is 12.8 Å². The summed E-state index contributed by atoms with van der Waals surface area (Å²) >= 11 is 0. The SMILES string of the molecule is Cc1ccc(-c2noc(C3CC3)n2)cc1S(=O)(=O)N[C@H](C)C(=O)N1CCC2(CC1)OCCO2. The van der Waals surface area contributed by atoms with E-state index in [1.54, 1.807) is 30.9 Å². The number of hydrogen-bond donors (Lipinski definition) is 1. The van der Waals surface area contributed by atoms with Crippen molar-refractivity contribution in [1.82, 2.24) is 19.8 Å². The lowest BCUT2D eigenvalue weighted by Crippen LogP contribution is -2.52. The monoisotopic (exact) mass is 476 g/mol. The molecule has 2 aliphatic heterocycles. The third-order valence-corrected chi connectivity index (χ3v) is 8.14. The van der Waals surface area contributed by atoms with E-state index < -0.39 is 21.9 Å². The predicted octanol–water partition coefficient (Wildman–Crippen LogP) is 1.95. The van der Waals surface area contributed by atoms with E-state index in [2.05, 4.69) is 14.9 Å². The number of amides is 1. The molecule has 0 radical (unpaired) electrons. The van der Waals surface area contributed by atoms with Gasteiger partial charge in [-0.3, -0.25) is 4.79 Å². The topological polar surface area (TPSA) is 124 Å². The van der Waals surface area contributed by atoms with Gasteiger partial charge in [0.2, 0.25) is 27.6 Å². The summed E-state index contributed by atoms with van der Waals surface area (Å²) in [6.07, 6.45) is 3.21. The number of hydrogen-bond acceptors (Lipinski definition) is 8. The highest BCUT2D eigenvalue weighted by Gasteiger charge is 2.41. The number of sulfonamides is 1. The van der Waals surface area contributed by atoms with Crippen molar-refractivity contribution in [3.05, 3.63) is 29.7 Å². The van der Waals surface area contributed by atoms with E-state index in [1.165, 1.54) is 6.07 Å². The van der Waals surface area contributed by atoms with Gasteiger partial charge in [0.1, 0.15) is 0 Å². The summed E-state index contributed by atoms with van der Waals surface area (Å²) in [5.74, 6) is 0.392. The summed E-state index contributed by atoms with van der Waals surface area (Å²) in [7, 11) is -3.96. The zero-order valence-corrected chi connectivity index (χ0v) is 19.6. The molecule has 2 saturated heterocycles. The maximum Gasteiger partial charge on any atom is 0.241 e. The van der Waals surface area contributed by atoms with Gasteiger partial charge in [0, 0.05) is 37.4 Å². The number of benzene rings is 1. The molecule has 10 nitrogen and oxygen atoms in total. The van der Waals surface area contributed by atoms with Crippen molar-refractivity contribution in [3.63, 3.8) is 0 Å². The highest BCUT2D eigenvalue weighted by molar-refractivity contribution is 7.89. The van der Waals surface area contributed by atoms with E-state index in [0.29, 0.717) is 67.9 Å². The fourth-order valence-electron chi connectivity index (χ4n) is 4.35. The fraction of sp³-hybridized carbons (Fsp3) is 0.591. The number of nitrogens with one attached hydrogen (secondary N) is 1. The zero-order valence-electron chi connectivity index (χ0n) is 18.7. The first-order valence-electron chi connectivity index (χ1n) is 11.3. The van der Waals surface area contributed by atoms with E-state index >= 15 is 0 Å². The van der Waals surface area contributed by atoms with Gasteiger partial charge in [0.25, 0.3) is 0 Å². The Morgan fingerprint density at radius 3 is 2.58 bits per heavy atom. The number of likely N-dealkylation sites (tertiary alicyclic amines) is 1. The summed E-state index contributed by atoms with van der Waals surface area (Å²) < 4.78 is 45.6. The van der Waals surface area contributed by atoms with Gasteiger partial charge >= 0.3 is 0 Å². The number of rotatable bonds is 6. The second-order valence-electron chi connectivity index (χ2n) is 8.99. The van der Waals surface area contributed by atoms with Crippen LogP contribution >= 0.6 is 0 Å². The number of piperidine rings is 1. The Labute approximate surface area is 192 Å². The smallest absolute Gasteiger partial charge is 0.241 e. The molecule has 1 aromatic heterocycles. The molecule has 1 aliphatic carbocycles. The van der Waals surface area contributed by atoms with Gasteiger partial charge < -0.3 is 18.9 Å². The van der Waals surface area contributed by atoms with Gasteiger partial charge in [0.15, 0.2) is 5.79 Å². The molecule has 5 rings (SSSR count). The van der Waals surface area contributed by atoms with E-state index in [4.69, 9.17) is 14.0 Å². The summed E-state index contributed by atoms with van der Waals surface area (Å²) in [6, 6.07) is 4.08. The second kappa shape index (κ2) is 8.46. The Balaban J connectivity index is 1.28. The molecule has 1 spiro atoms. The molecule has 1 saturated carbocycles. The first-order chi connectivity index (χ1) is 15.8. The Morgan fingerprint density at radius 2 is 1.91 bits per heavy atom. The molecule has 2 aromatic rings. The van der Waals surface area contributed by atoms with Gasteiger partial charge in [-0.15, -0.1) is 0 Å². The molecule has 3 aliphatic rings. The van der Waals surface area contributed by atoms with Crippen molar-refractivity contribution >= 4 is 15.9 Å². The standard InChI is InChI=1S/C22H28N4O6S/c1-14-3-4-17(19-23-20(32-24-19)16-5-6-16)13-18(14)33(28,29)25-15(2)21(27)26-9-7-22(8-10-26)30-11-12-31-22/h3-4,13,15-16,25H,5-12H2,1-2H3/t15-/m1/s1. The average molecular weight is 477 g/mol. The van der Waals surface area contributed by atoms with Crippen LogP contribution in [0.5, 0.6) is 0 Å². The normalized spacial score (nSPS) is 21.5. The molecule has 3 fully saturated rings. The van der Waals surface area contributed by atoms with Crippen LogP contribution in [-0.2, 0) is 24.3 Å². The fourth-order valence-corrected chi connectivity index (χ4v) is 5.82. The third-order valence-electron chi connectivity index (χ3n) is 6.46. The number of carbonyl (C=O) groups is 1. The van der Waals surface area contributed by atoms with Gasteiger partial charge in [0.05, 0.1) is 24.2 Å². The third kappa shape index (κ3) is 4.54. The van der Waals surface area contributed by atoms with Crippen molar-refractivity contribution in [1.29, 1.82) is 0 Å². The van der Waals surface area contributed by atoms with Crippen LogP contribution in [0.25, 0.3) is 11.4 Å². The van der Waals surface area contributed by atoms with Crippen molar-refractivity contribution in [2.45, 2.75) is 62.2 Å². The van der Waals surface area contributed by atoms with Crippen LogP contribution in [0.4, 0.5) is 0 Å². The summed E-state index contributed by atoms with van der Waals surface area (Å²) in [5, 5.41) is 4.00. The number of aromatic nitrogens is 2. The maximum atomic E-state index is 13.2. The molecule has 178 valence electrons. The zero-order chi connectivity index (χ0) is 23.2. The highest BCUT2D eigenvalue weighted by atomic mass is 32.2. The van der Waals surface area contributed by atoms with Crippen LogP contribution in [0.1, 0.15) is 50.0 Å². The van der Waals surface area contributed by atoms with Crippen LogP contribution < -0.4 is 4.72 Å². The molecule has 1 N–H and O–H groups in total. The van der Waals surface area contributed by atoms with E-state index in [-0.39, 0.29) is 10.8 Å². The summed E-state index contributed by atoms with van der Waals surface area (Å²) in [6.45, 7) is 5.32. The van der Waals surface area contributed by atoms with Crippen LogP contribution in [0.3, 0.4) is 0 Å². The van der Waals surface area contributed by atoms with Crippen LogP contribution in [-0.4, -0.2) is 67.5 Å². The van der Waals surface area contributed by atoms with Crippen molar-refractivity contribution in [2.75, 3.05) is 26.3 Å². The lowest BCUT2D eigenvalue weighted by molar-refractivity contribution is -0.187. The Bertz CT molecular complexity index is 1140. The molecule has 33 heavy (non-hydrogen) atoms. The lowest BCUT2D eigenvalue weighted by atomic mass is 10.0. The van der Waals surface area contributed by atoms with Gasteiger partial charge in [-0.2, -0.15) is 9.71 Å². The highest BCUT2D eigenvalue weighted by Crippen LogP contribution is 2.39. The molecule has 0 unspecified atom stereocenters. The summed E-state index contributed by atoms with van der Waals surface area (Å²) in [4.78, 5) is 19.1. The van der Waals surface area contributed by atoms with E-state index in [1.807, 2.05) is 0 Å². The van der Waals surface area contributed by atoms with Crippen LogP contribution in [0.15, 0.2) is 27.6 Å². The average Bonchev–Trinajstić information content (AvgIpc) is 3.35. The molecule has 3 heterocycles. The molecular weight excluding hydrogens is 448 g/mol. The molecule has 1 amide bonds. The molecule has 0 bridgehead atoms. The van der Waals surface area contributed by atoms with Crippen LogP contribution in [0, 0.1) is 6.92 Å². The van der Waals surface area contributed by atoms with Crippen molar-refractivity contribution in [3.8, 4) is 11.4 Å². The predicted molar refractivity (Wildman–Crippen MR) is 117 cm³/mol. The number of nitrogens with zero attached hydrogens (tertiary/aromatic N) is 3. The maximum absolute atomic E-state index is 13.2. The number of ether oxygens (including phenoxy) is 2.